The Morgan fingerprint density at radius 2 is 1.81 bits per heavy atom. The Kier molecular flexibility index (Phi) is 6.35. The second kappa shape index (κ2) is 8.48. The van der Waals surface area contributed by atoms with Gasteiger partial charge in [0, 0.05) is 24.6 Å². The molecule has 2 rings (SSSR count). The van der Waals surface area contributed by atoms with Gasteiger partial charge >= 0.3 is 11.8 Å². The summed E-state index contributed by atoms with van der Waals surface area (Å²) < 4.78 is 43.5. The first-order valence-electron chi connectivity index (χ1n) is 7.65. The minimum absolute atomic E-state index is 0.134. The van der Waals surface area contributed by atoms with Crippen molar-refractivity contribution in [3.63, 3.8) is 0 Å². The number of ether oxygens (including phenoxy) is 1. The summed E-state index contributed by atoms with van der Waals surface area (Å²) in [4.78, 5) is 12.5. The minimum atomic E-state index is -2.41. The first kappa shape index (κ1) is 19.5. The van der Waals surface area contributed by atoms with Gasteiger partial charge in [-0.1, -0.05) is 24.3 Å². The largest absolute Gasteiger partial charge is 0.450 e. The molecule has 2 aromatic rings. The summed E-state index contributed by atoms with van der Waals surface area (Å²) in [6, 6.07) is 10.5. The fourth-order valence-electron chi connectivity index (χ4n) is 2.34. The average Bonchev–Trinajstić information content (AvgIpc) is 2.56. The van der Waals surface area contributed by atoms with Crippen molar-refractivity contribution < 1.29 is 22.8 Å². The van der Waals surface area contributed by atoms with Gasteiger partial charge in [0.1, 0.15) is 5.75 Å². The Morgan fingerprint density at radius 1 is 1.12 bits per heavy atom. The number of benzene rings is 2. The summed E-state index contributed by atoms with van der Waals surface area (Å²) in [5.74, 6) is -1.32. The number of halogens is 3. The molecule has 0 bridgehead atoms. The smallest absolute Gasteiger partial charge is 0.311 e. The SMILES string of the molecule is CN(C)Cc1ccccc1Oc1cc(CC(F)=C(F)F)ccc1[N+](=O)[O-]. The monoisotopic (exact) mass is 366 g/mol. The van der Waals surface area contributed by atoms with E-state index in [9.17, 15) is 23.3 Å². The lowest BCUT2D eigenvalue weighted by molar-refractivity contribution is -0.385. The standard InChI is InChI=1S/C18H17F3N2O3/c1-22(2)11-13-5-3-4-6-16(13)26-17-10-12(9-14(19)18(20)21)7-8-15(17)23(24)25/h3-8,10H,9,11H2,1-2H3. The van der Waals surface area contributed by atoms with Crippen molar-refractivity contribution >= 4 is 5.69 Å². The molecule has 0 N–H and O–H groups in total. The van der Waals surface area contributed by atoms with Crippen LogP contribution in [0.25, 0.3) is 0 Å². The van der Waals surface area contributed by atoms with Crippen LogP contribution in [0.2, 0.25) is 0 Å². The summed E-state index contributed by atoms with van der Waals surface area (Å²) in [6.45, 7) is 0.536. The second-order valence-electron chi connectivity index (χ2n) is 5.85. The summed E-state index contributed by atoms with van der Waals surface area (Å²) in [5, 5.41) is 11.2. The minimum Gasteiger partial charge on any atom is -0.450 e. The van der Waals surface area contributed by atoms with Crippen LogP contribution < -0.4 is 4.74 Å². The Bertz CT molecular complexity index is 834. The zero-order valence-corrected chi connectivity index (χ0v) is 14.2. The molecule has 0 saturated heterocycles. The quantitative estimate of drug-likeness (QED) is 0.507. The highest BCUT2D eigenvalue weighted by molar-refractivity contribution is 5.51. The van der Waals surface area contributed by atoms with Crippen LogP contribution in [-0.2, 0) is 13.0 Å². The molecule has 8 heteroatoms. The van der Waals surface area contributed by atoms with Gasteiger partial charge in [0.25, 0.3) is 0 Å². The van der Waals surface area contributed by atoms with E-state index in [1.54, 1.807) is 18.2 Å². The molecule has 0 atom stereocenters. The van der Waals surface area contributed by atoms with Crippen LogP contribution in [0.4, 0.5) is 18.9 Å². The number of hydrogen-bond acceptors (Lipinski definition) is 4. The van der Waals surface area contributed by atoms with Crippen LogP contribution in [0.1, 0.15) is 11.1 Å². The molecule has 0 aliphatic heterocycles. The third-order valence-electron chi connectivity index (χ3n) is 3.46. The molecule has 0 radical (unpaired) electrons. The Morgan fingerprint density at radius 3 is 2.42 bits per heavy atom. The molecule has 0 spiro atoms. The summed E-state index contributed by atoms with van der Waals surface area (Å²) in [6.07, 6.45) is -3.09. The second-order valence-corrected chi connectivity index (χ2v) is 5.85. The maximum absolute atomic E-state index is 13.2. The molecular formula is C18H17F3N2O3. The number of para-hydroxylation sites is 1. The lowest BCUT2D eigenvalue weighted by atomic mass is 10.1. The number of nitro benzene ring substituents is 1. The lowest BCUT2D eigenvalue weighted by Gasteiger charge is -2.15. The first-order valence-corrected chi connectivity index (χ1v) is 7.65. The predicted octanol–water partition coefficient (Wildman–Crippen LogP) is 5.07. The molecule has 2 aromatic carbocycles. The van der Waals surface area contributed by atoms with Crippen LogP contribution in [-0.4, -0.2) is 23.9 Å². The number of hydrogen-bond donors (Lipinski definition) is 0. The normalized spacial score (nSPS) is 10.7. The van der Waals surface area contributed by atoms with Crippen LogP contribution in [0, 0.1) is 10.1 Å². The van der Waals surface area contributed by atoms with Crippen LogP contribution in [0.15, 0.2) is 54.4 Å². The highest BCUT2D eigenvalue weighted by Crippen LogP contribution is 2.34. The van der Waals surface area contributed by atoms with Gasteiger partial charge in [-0.25, -0.2) is 4.39 Å². The summed E-state index contributed by atoms with van der Waals surface area (Å²) in [7, 11) is 3.72. The van der Waals surface area contributed by atoms with E-state index in [2.05, 4.69) is 0 Å². The van der Waals surface area contributed by atoms with Crippen LogP contribution >= 0.6 is 0 Å². The van der Waals surface area contributed by atoms with E-state index in [0.29, 0.717) is 12.3 Å². The van der Waals surface area contributed by atoms with Crippen LogP contribution in [0.5, 0.6) is 11.5 Å². The van der Waals surface area contributed by atoms with E-state index in [4.69, 9.17) is 4.74 Å². The molecule has 0 fully saturated rings. The van der Waals surface area contributed by atoms with E-state index in [1.807, 2.05) is 25.1 Å². The van der Waals surface area contributed by atoms with Crippen LogP contribution in [0.3, 0.4) is 0 Å². The summed E-state index contributed by atoms with van der Waals surface area (Å²) >= 11 is 0. The van der Waals surface area contributed by atoms with Crippen molar-refractivity contribution in [1.29, 1.82) is 0 Å². The van der Waals surface area contributed by atoms with E-state index in [0.717, 1.165) is 11.6 Å². The lowest BCUT2D eigenvalue weighted by Crippen LogP contribution is -2.11. The maximum atomic E-state index is 13.2. The van der Waals surface area contributed by atoms with Gasteiger partial charge in [0.2, 0.25) is 5.75 Å². The van der Waals surface area contributed by atoms with E-state index in [-0.39, 0.29) is 17.0 Å². The van der Waals surface area contributed by atoms with E-state index >= 15 is 0 Å². The third-order valence-corrected chi connectivity index (χ3v) is 3.46. The third kappa shape index (κ3) is 5.06. The van der Waals surface area contributed by atoms with Crippen molar-refractivity contribution in [3.05, 3.63) is 75.6 Å². The zero-order valence-electron chi connectivity index (χ0n) is 14.2. The highest BCUT2D eigenvalue weighted by Gasteiger charge is 2.19. The molecule has 0 aromatic heterocycles. The summed E-state index contributed by atoms with van der Waals surface area (Å²) in [5.41, 5.74) is 0.595. The molecule has 0 heterocycles. The van der Waals surface area contributed by atoms with Crippen molar-refractivity contribution in [1.82, 2.24) is 4.90 Å². The molecule has 0 aliphatic rings. The predicted molar refractivity (Wildman–Crippen MR) is 91.1 cm³/mol. The molecule has 0 unspecified atom stereocenters. The van der Waals surface area contributed by atoms with Gasteiger partial charge in [0.05, 0.1) is 4.92 Å². The number of nitrogens with zero attached hydrogens (tertiary/aromatic N) is 2. The fourth-order valence-corrected chi connectivity index (χ4v) is 2.34. The Labute approximate surface area is 148 Å². The van der Waals surface area contributed by atoms with Gasteiger partial charge in [-0.3, -0.25) is 10.1 Å². The molecule has 26 heavy (non-hydrogen) atoms. The van der Waals surface area contributed by atoms with E-state index < -0.39 is 23.3 Å². The highest BCUT2D eigenvalue weighted by atomic mass is 19.3. The van der Waals surface area contributed by atoms with Crippen molar-refractivity contribution in [3.8, 4) is 11.5 Å². The molecule has 0 saturated carbocycles. The van der Waals surface area contributed by atoms with Gasteiger partial charge < -0.3 is 9.64 Å². The number of allylic oxidation sites excluding steroid dienone is 1. The van der Waals surface area contributed by atoms with E-state index in [1.165, 1.54) is 12.1 Å². The zero-order chi connectivity index (χ0) is 19.3. The van der Waals surface area contributed by atoms with Crippen molar-refractivity contribution in [2.75, 3.05) is 14.1 Å². The topological polar surface area (TPSA) is 55.6 Å². The molecule has 138 valence electrons. The average molecular weight is 366 g/mol. The Balaban J connectivity index is 2.41. The maximum Gasteiger partial charge on any atom is 0.311 e. The molecule has 0 aliphatic carbocycles. The Hall–Kier alpha value is -2.87. The number of rotatable bonds is 7. The van der Waals surface area contributed by atoms with Gasteiger partial charge in [-0.15, -0.1) is 0 Å². The van der Waals surface area contributed by atoms with Crippen molar-refractivity contribution in [2.24, 2.45) is 0 Å². The van der Waals surface area contributed by atoms with Crippen molar-refractivity contribution in [2.45, 2.75) is 13.0 Å². The van der Waals surface area contributed by atoms with Gasteiger partial charge in [0.15, 0.2) is 5.83 Å². The molecule has 5 nitrogen and oxygen atoms in total. The first-order chi connectivity index (χ1) is 12.3. The number of nitro groups is 1. The molecular weight excluding hydrogens is 349 g/mol. The van der Waals surface area contributed by atoms with Gasteiger partial charge in [-0.05, 0) is 31.8 Å². The van der Waals surface area contributed by atoms with Gasteiger partial charge in [-0.2, -0.15) is 8.78 Å². The fraction of sp³-hybridized carbons (Fsp3) is 0.222. The molecule has 0 amide bonds.